The highest BCUT2D eigenvalue weighted by atomic mass is 16.5. The minimum absolute atomic E-state index is 0.330. The predicted octanol–water partition coefficient (Wildman–Crippen LogP) is 12.8. The number of aryl methyl sites for hydroxylation is 1. The predicted molar refractivity (Wildman–Crippen MR) is 213 cm³/mol. The second-order valence-electron chi connectivity index (χ2n) is 15.7. The first-order valence-electron chi connectivity index (χ1n) is 19.1. The van der Waals surface area contributed by atoms with Crippen molar-refractivity contribution in [2.45, 2.75) is 106 Å². The number of nitrogens with zero attached hydrogens (tertiary/aromatic N) is 4. The lowest BCUT2D eigenvalue weighted by Crippen LogP contribution is -2.21. The summed E-state index contributed by atoms with van der Waals surface area (Å²) in [5.41, 5.74) is 11.2. The molecule has 0 aliphatic heterocycles. The van der Waals surface area contributed by atoms with E-state index in [1.165, 1.54) is 45.2 Å². The number of fused-ring (bicyclic) bond motifs is 3. The van der Waals surface area contributed by atoms with Crippen LogP contribution in [-0.2, 0) is 6.42 Å². The van der Waals surface area contributed by atoms with Crippen LogP contribution >= 0.6 is 0 Å². The fourth-order valence-corrected chi connectivity index (χ4v) is 8.53. The van der Waals surface area contributed by atoms with E-state index in [0.717, 1.165) is 59.0 Å². The lowest BCUT2D eigenvalue weighted by atomic mass is 9.72. The number of hydrogen-bond acceptors (Lipinski definition) is 3. The number of unbranched alkanes of at least 4 members (excludes halogenated alkanes) is 1. The van der Waals surface area contributed by atoms with Gasteiger partial charge >= 0.3 is 0 Å². The van der Waals surface area contributed by atoms with Crippen molar-refractivity contribution >= 4 is 21.8 Å². The van der Waals surface area contributed by atoms with Crippen LogP contribution in [0.2, 0.25) is 0 Å². The van der Waals surface area contributed by atoms with Gasteiger partial charge in [-0.3, -0.25) is 4.57 Å². The zero-order valence-electron chi connectivity index (χ0n) is 32.0. The van der Waals surface area contributed by atoms with E-state index in [1.807, 2.05) is 6.20 Å². The van der Waals surface area contributed by atoms with Crippen LogP contribution in [0.25, 0.3) is 33.3 Å². The maximum Gasteiger partial charge on any atom is 0.137 e. The number of ether oxygens (including phenoxy) is 1. The number of aromatic nitrogens is 4. The van der Waals surface area contributed by atoms with E-state index in [2.05, 4.69) is 150 Å². The van der Waals surface area contributed by atoms with Gasteiger partial charge in [0.05, 0.1) is 22.4 Å². The number of rotatable bonds is 10. The Morgan fingerprint density at radius 1 is 0.824 bits per heavy atom. The van der Waals surface area contributed by atoms with E-state index in [4.69, 9.17) is 14.8 Å². The third-order valence-corrected chi connectivity index (χ3v) is 11.0. The van der Waals surface area contributed by atoms with Gasteiger partial charge in [-0.15, -0.1) is 0 Å². The highest BCUT2D eigenvalue weighted by Gasteiger charge is 2.32. The molecular weight excluding hydrogens is 625 g/mol. The fourth-order valence-electron chi connectivity index (χ4n) is 8.53. The molecule has 0 spiro atoms. The van der Waals surface area contributed by atoms with Gasteiger partial charge in [0.15, 0.2) is 0 Å². The Balaban J connectivity index is 1.34. The van der Waals surface area contributed by atoms with Crippen LogP contribution < -0.4 is 4.74 Å². The van der Waals surface area contributed by atoms with Crippen LogP contribution in [0.15, 0.2) is 90.6 Å². The third-order valence-electron chi connectivity index (χ3n) is 11.0. The Labute approximate surface area is 304 Å². The maximum atomic E-state index is 6.82. The van der Waals surface area contributed by atoms with Crippen molar-refractivity contribution in [1.82, 2.24) is 19.3 Å². The molecule has 3 heterocycles. The van der Waals surface area contributed by atoms with Crippen molar-refractivity contribution < 1.29 is 4.74 Å². The van der Waals surface area contributed by atoms with Crippen LogP contribution in [0.4, 0.5) is 0 Å². The van der Waals surface area contributed by atoms with Crippen molar-refractivity contribution in [3.63, 3.8) is 0 Å². The minimum atomic E-state index is 0.330. The largest absolute Gasteiger partial charge is 0.457 e. The van der Waals surface area contributed by atoms with Gasteiger partial charge in [0.25, 0.3) is 0 Å². The molecule has 0 radical (unpaired) electrons. The standard InChI is InChI=1S/C46H54N4O/c1-10-11-15-42-46(45-31(7)21-30(6)22-32(45)8)33(9)48-50(42)36-23-35(29(4)5)24-38(26-36)51-37-17-18-40-39-14-12-13-16-41(39)49(43(40)27-37)44-25-34(28(2)3)19-20-47-44/h12-14,16-21,23-30,32,45H,10-11,15,22H2,1-9H3/t30-,32-,45?/m0/s1. The molecule has 5 nitrogen and oxygen atoms in total. The maximum absolute atomic E-state index is 6.82. The first kappa shape index (κ1) is 34.8. The van der Waals surface area contributed by atoms with Crippen molar-refractivity contribution in [2.24, 2.45) is 11.8 Å². The third kappa shape index (κ3) is 6.64. The van der Waals surface area contributed by atoms with Gasteiger partial charge in [0.1, 0.15) is 17.3 Å². The topological polar surface area (TPSA) is 44.9 Å². The molecule has 1 aliphatic carbocycles. The summed E-state index contributed by atoms with van der Waals surface area (Å²) in [4.78, 5) is 4.85. The van der Waals surface area contributed by atoms with Crippen molar-refractivity contribution in [3.05, 3.63) is 119 Å². The van der Waals surface area contributed by atoms with Gasteiger partial charge in [-0.1, -0.05) is 84.7 Å². The zero-order chi connectivity index (χ0) is 36.0. The number of para-hydroxylation sites is 1. The van der Waals surface area contributed by atoms with E-state index < -0.39 is 0 Å². The molecule has 0 bridgehead atoms. The molecule has 6 aromatic rings. The SMILES string of the molecule is CCCCc1c(C2C(C)=C[C@H](C)C[C@@H]2C)c(C)nn1-c1cc(Oc2ccc3c4ccccc4n(-c4cc(C(C)C)ccn4)c3c2)cc(C(C)C)c1. The van der Waals surface area contributed by atoms with Gasteiger partial charge in [-0.2, -0.15) is 5.10 Å². The molecule has 3 atom stereocenters. The number of hydrogen-bond donors (Lipinski definition) is 0. The molecule has 51 heavy (non-hydrogen) atoms. The second-order valence-corrected chi connectivity index (χ2v) is 15.7. The van der Waals surface area contributed by atoms with Gasteiger partial charge in [-0.05, 0) is 110 Å². The summed E-state index contributed by atoms with van der Waals surface area (Å²) < 4.78 is 11.3. The summed E-state index contributed by atoms with van der Waals surface area (Å²) >= 11 is 0. The Kier molecular flexibility index (Phi) is 9.67. The summed E-state index contributed by atoms with van der Waals surface area (Å²) in [7, 11) is 0. The molecule has 0 N–H and O–H groups in total. The monoisotopic (exact) mass is 678 g/mol. The summed E-state index contributed by atoms with van der Waals surface area (Å²) in [6.07, 6.45) is 8.91. The number of benzene rings is 3. The molecule has 0 saturated heterocycles. The Bertz CT molecular complexity index is 2230. The highest BCUT2D eigenvalue weighted by Crippen LogP contribution is 2.44. The van der Waals surface area contributed by atoms with Crippen molar-refractivity contribution in [2.75, 3.05) is 0 Å². The molecular formula is C46H54N4O. The Hall–Kier alpha value is -4.64. The lowest BCUT2D eigenvalue weighted by Gasteiger charge is -2.32. The molecule has 3 aromatic carbocycles. The number of allylic oxidation sites excluding steroid dienone is 2. The summed E-state index contributed by atoms with van der Waals surface area (Å²) in [6.45, 7) is 20.6. The molecule has 0 amide bonds. The number of pyridine rings is 1. The smallest absolute Gasteiger partial charge is 0.137 e. The first-order valence-corrected chi connectivity index (χ1v) is 19.1. The van der Waals surface area contributed by atoms with Crippen molar-refractivity contribution in [1.29, 1.82) is 0 Å². The van der Waals surface area contributed by atoms with Crippen LogP contribution in [0, 0.1) is 18.8 Å². The molecule has 0 fully saturated rings. The summed E-state index contributed by atoms with van der Waals surface area (Å²) in [6, 6.07) is 26.1. The van der Waals surface area contributed by atoms with Crippen LogP contribution in [0.5, 0.6) is 11.5 Å². The summed E-state index contributed by atoms with van der Waals surface area (Å²) in [5, 5.41) is 7.69. The zero-order valence-corrected chi connectivity index (χ0v) is 32.0. The Morgan fingerprint density at radius 3 is 2.33 bits per heavy atom. The molecule has 1 aliphatic rings. The second kappa shape index (κ2) is 14.2. The highest BCUT2D eigenvalue weighted by molar-refractivity contribution is 6.09. The van der Waals surface area contributed by atoms with E-state index >= 15 is 0 Å². The molecule has 1 unspecified atom stereocenters. The Morgan fingerprint density at radius 2 is 1.59 bits per heavy atom. The van der Waals surface area contributed by atoms with Crippen LogP contribution in [0.3, 0.4) is 0 Å². The molecule has 5 heteroatoms. The van der Waals surface area contributed by atoms with Gasteiger partial charge in [-0.25, -0.2) is 9.67 Å². The quantitative estimate of drug-likeness (QED) is 0.135. The summed E-state index contributed by atoms with van der Waals surface area (Å²) in [5.74, 6) is 4.89. The van der Waals surface area contributed by atoms with Gasteiger partial charge < -0.3 is 4.74 Å². The van der Waals surface area contributed by atoms with Gasteiger partial charge in [0, 0.05) is 46.3 Å². The molecule has 264 valence electrons. The van der Waals surface area contributed by atoms with Crippen molar-refractivity contribution in [3.8, 4) is 23.0 Å². The van der Waals surface area contributed by atoms with Crippen LogP contribution in [-0.4, -0.2) is 19.3 Å². The van der Waals surface area contributed by atoms with E-state index in [1.54, 1.807) is 0 Å². The fraction of sp³-hybridized carbons (Fsp3) is 0.391. The average molecular weight is 679 g/mol. The van der Waals surface area contributed by atoms with E-state index in [-0.39, 0.29) is 0 Å². The molecule has 0 saturated carbocycles. The van der Waals surface area contributed by atoms with Gasteiger partial charge in [0.2, 0.25) is 0 Å². The van der Waals surface area contributed by atoms with Crippen LogP contribution in [0.1, 0.15) is 120 Å². The average Bonchev–Trinajstić information content (AvgIpc) is 3.60. The first-order chi connectivity index (χ1) is 24.5. The normalized spacial score (nSPS) is 17.9. The minimum Gasteiger partial charge on any atom is -0.457 e. The molecule has 3 aromatic heterocycles. The van der Waals surface area contributed by atoms with E-state index in [0.29, 0.717) is 29.6 Å². The van der Waals surface area contributed by atoms with E-state index in [9.17, 15) is 0 Å². The lowest BCUT2D eigenvalue weighted by molar-refractivity contribution is 0.389. The molecule has 7 rings (SSSR count).